The van der Waals surface area contributed by atoms with Gasteiger partial charge in [-0.15, -0.1) is 0 Å². The molecule has 0 heterocycles. The SMILES string of the molecule is CC(C(=O)O)c1cc(O)c2c(c1O)C2. The van der Waals surface area contributed by atoms with Crippen molar-refractivity contribution in [2.45, 2.75) is 19.3 Å². The third-order valence-electron chi connectivity index (χ3n) is 2.59. The molecule has 4 heteroatoms. The van der Waals surface area contributed by atoms with E-state index in [0.717, 1.165) is 5.56 Å². The molecule has 74 valence electrons. The molecule has 0 radical (unpaired) electrons. The minimum absolute atomic E-state index is 0.0210. The zero-order chi connectivity index (χ0) is 10.5. The predicted molar refractivity (Wildman–Crippen MR) is 48.6 cm³/mol. The lowest BCUT2D eigenvalue weighted by Gasteiger charge is -2.08. The largest absolute Gasteiger partial charge is 0.508 e. The normalized spacial score (nSPS) is 14.6. The summed E-state index contributed by atoms with van der Waals surface area (Å²) in [5.74, 6) is -1.71. The van der Waals surface area contributed by atoms with Crippen molar-refractivity contribution in [1.82, 2.24) is 0 Å². The Morgan fingerprint density at radius 2 is 2.07 bits per heavy atom. The van der Waals surface area contributed by atoms with Crippen LogP contribution < -0.4 is 0 Å². The highest BCUT2D eigenvalue weighted by Gasteiger charge is 2.31. The number of benzene rings is 1. The lowest BCUT2D eigenvalue weighted by Crippen LogP contribution is -2.07. The van der Waals surface area contributed by atoms with Crippen LogP contribution in [-0.4, -0.2) is 21.3 Å². The molecule has 3 N–H and O–H groups in total. The second kappa shape index (κ2) is 2.64. The average molecular weight is 194 g/mol. The van der Waals surface area contributed by atoms with Crippen LogP contribution in [0.3, 0.4) is 0 Å². The molecule has 1 atom stereocenters. The molecule has 2 rings (SSSR count). The Balaban J connectivity index is 2.50. The third-order valence-corrected chi connectivity index (χ3v) is 2.59. The number of aliphatic carboxylic acids is 1. The Morgan fingerprint density at radius 1 is 1.43 bits per heavy atom. The molecule has 1 aromatic rings. The molecule has 0 aromatic heterocycles. The molecule has 0 amide bonds. The molecule has 0 spiro atoms. The van der Waals surface area contributed by atoms with Crippen molar-refractivity contribution in [3.8, 4) is 11.5 Å². The van der Waals surface area contributed by atoms with Crippen molar-refractivity contribution in [2.75, 3.05) is 0 Å². The summed E-state index contributed by atoms with van der Waals surface area (Å²) < 4.78 is 0. The highest BCUT2D eigenvalue weighted by molar-refractivity contribution is 5.79. The van der Waals surface area contributed by atoms with E-state index in [4.69, 9.17) is 5.11 Å². The first kappa shape index (κ1) is 8.87. The molecule has 0 saturated carbocycles. The summed E-state index contributed by atoms with van der Waals surface area (Å²) in [6.45, 7) is 1.48. The van der Waals surface area contributed by atoms with Crippen molar-refractivity contribution in [3.05, 3.63) is 22.8 Å². The van der Waals surface area contributed by atoms with Gasteiger partial charge in [-0.05, 0) is 13.0 Å². The maximum Gasteiger partial charge on any atom is 0.310 e. The van der Waals surface area contributed by atoms with Gasteiger partial charge in [-0.1, -0.05) is 0 Å². The van der Waals surface area contributed by atoms with E-state index < -0.39 is 11.9 Å². The van der Waals surface area contributed by atoms with E-state index >= 15 is 0 Å². The van der Waals surface area contributed by atoms with Gasteiger partial charge in [0.2, 0.25) is 0 Å². The predicted octanol–water partition coefficient (Wildman–Crippen LogP) is 1.19. The van der Waals surface area contributed by atoms with Crippen LogP contribution in [0, 0.1) is 0 Å². The van der Waals surface area contributed by atoms with Gasteiger partial charge in [-0.25, -0.2) is 0 Å². The van der Waals surface area contributed by atoms with Crippen LogP contribution in [0.1, 0.15) is 29.5 Å². The standard InChI is InChI=1S/C10H10O4/c1-4(10(13)14)5-3-8(11)6-2-7(6)9(5)12/h3-4,11-12H,2H2,1H3,(H,13,14). The van der Waals surface area contributed by atoms with Gasteiger partial charge in [-0.2, -0.15) is 0 Å². The van der Waals surface area contributed by atoms with Gasteiger partial charge >= 0.3 is 5.97 Å². The van der Waals surface area contributed by atoms with Crippen LogP contribution in [-0.2, 0) is 11.2 Å². The van der Waals surface area contributed by atoms with E-state index in [1.54, 1.807) is 0 Å². The first-order chi connectivity index (χ1) is 6.52. The van der Waals surface area contributed by atoms with Crippen LogP contribution in [0.2, 0.25) is 0 Å². The number of carboxylic acid groups (broad SMARTS) is 1. The number of aromatic hydroxyl groups is 2. The van der Waals surface area contributed by atoms with Crippen LogP contribution >= 0.6 is 0 Å². The van der Waals surface area contributed by atoms with Crippen molar-refractivity contribution in [2.24, 2.45) is 0 Å². The molecule has 1 unspecified atom stereocenters. The van der Waals surface area contributed by atoms with Gasteiger partial charge < -0.3 is 15.3 Å². The quantitative estimate of drug-likeness (QED) is 0.627. The van der Waals surface area contributed by atoms with E-state index in [0.29, 0.717) is 12.0 Å². The first-order valence-electron chi connectivity index (χ1n) is 4.31. The summed E-state index contributed by atoms with van der Waals surface area (Å²) in [5, 5.41) is 27.8. The summed E-state index contributed by atoms with van der Waals surface area (Å²) in [6, 6.07) is 1.33. The van der Waals surface area contributed by atoms with E-state index in [1.165, 1.54) is 13.0 Å². The zero-order valence-electron chi connectivity index (χ0n) is 7.61. The van der Waals surface area contributed by atoms with Crippen LogP contribution in [0.25, 0.3) is 0 Å². The van der Waals surface area contributed by atoms with Gasteiger partial charge in [0.25, 0.3) is 0 Å². The topological polar surface area (TPSA) is 77.8 Å². The fourth-order valence-electron chi connectivity index (χ4n) is 1.54. The lowest BCUT2D eigenvalue weighted by atomic mass is 10.0. The van der Waals surface area contributed by atoms with Crippen molar-refractivity contribution in [3.63, 3.8) is 0 Å². The Hall–Kier alpha value is -1.71. The van der Waals surface area contributed by atoms with Crippen molar-refractivity contribution in [1.29, 1.82) is 0 Å². The fourth-order valence-corrected chi connectivity index (χ4v) is 1.54. The number of carboxylic acids is 1. The van der Waals surface area contributed by atoms with Gasteiger partial charge in [0.1, 0.15) is 11.5 Å². The minimum atomic E-state index is -1.01. The van der Waals surface area contributed by atoms with Crippen molar-refractivity contribution >= 4 is 5.97 Å². The summed E-state index contributed by atoms with van der Waals surface area (Å²) in [6.07, 6.45) is 0.560. The summed E-state index contributed by atoms with van der Waals surface area (Å²) in [5.41, 5.74) is 1.68. The van der Waals surface area contributed by atoms with Gasteiger partial charge in [-0.3, -0.25) is 4.79 Å². The molecule has 4 nitrogen and oxygen atoms in total. The minimum Gasteiger partial charge on any atom is -0.508 e. The second-order valence-electron chi connectivity index (χ2n) is 3.53. The zero-order valence-corrected chi connectivity index (χ0v) is 7.61. The number of carbonyl (C=O) groups is 1. The van der Waals surface area contributed by atoms with E-state index in [9.17, 15) is 15.0 Å². The molecule has 0 saturated heterocycles. The average Bonchev–Trinajstić information content (AvgIpc) is 2.89. The number of phenols is 2. The van der Waals surface area contributed by atoms with Gasteiger partial charge in [0.15, 0.2) is 0 Å². The number of hydrogen-bond acceptors (Lipinski definition) is 3. The van der Waals surface area contributed by atoms with Crippen LogP contribution in [0.5, 0.6) is 11.5 Å². The van der Waals surface area contributed by atoms with Crippen LogP contribution in [0.15, 0.2) is 6.07 Å². The number of hydrogen-bond donors (Lipinski definition) is 3. The Bertz CT molecular complexity index is 423. The van der Waals surface area contributed by atoms with E-state index in [-0.39, 0.29) is 17.1 Å². The highest BCUT2D eigenvalue weighted by Crippen LogP contribution is 2.46. The van der Waals surface area contributed by atoms with Gasteiger partial charge in [0.05, 0.1) is 5.92 Å². The Morgan fingerprint density at radius 3 is 2.64 bits per heavy atom. The number of phenolic OH excluding ortho intramolecular Hbond substituents is 2. The molecule has 1 aliphatic carbocycles. The van der Waals surface area contributed by atoms with E-state index in [2.05, 4.69) is 0 Å². The Kier molecular flexibility index (Phi) is 1.67. The summed E-state index contributed by atoms with van der Waals surface area (Å²) in [7, 11) is 0. The maximum atomic E-state index is 10.7. The Labute approximate surface area is 80.4 Å². The molecule has 0 fully saturated rings. The second-order valence-corrected chi connectivity index (χ2v) is 3.53. The van der Waals surface area contributed by atoms with Gasteiger partial charge in [0, 0.05) is 23.1 Å². The summed E-state index contributed by atoms with van der Waals surface area (Å²) in [4.78, 5) is 10.7. The molecule has 0 bridgehead atoms. The smallest absolute Gasteiger partial charge is 0.310 e. The lowest BCUT2D eigenvalue weighted by molar-refractivity contribution is -0.138. The maximum absolute atomic E-state index is 10.7. The van der Waals surface area contributed by atoms with Crippen LogP contribution in [0.4, 0.5) is 0 Å². The third kappa shape index (κ3) is 1.11. The monoisotopic (exact) mass is 194 g/mol. The summed E-state index contributed by atoms with van der Waals surface area (Å²) >= 11 is 0. The molecular weight excluding hydrogens is 184 g/mol. The van der Waals surface area contributed by atoms with E-state index in [1.807, 2.05) is 0 Å². The molecular formula is C10H10O4. The number of fused-ring (bicyclic) bond motifs is 1. The number of rotatable bonds is 2. The molecule has 1 aromatic carbocycles. The molecule has 14 heavy (non-hydrogen) atoms. The highest BCUT2D eigenvalue weighted by atomic mass is 16.4. The van der Waals surface area contributed by atoms with Crippen molar-refractivity contribution < 1.29 is 20.1 Å². The first-order valence-corrected chi connectivity index (χ1v) is 4.31. The fraction of sp³-hybridized carbons (Fsp3) is 0.300. The molecule has 0 aliphatic heterocycles. The molecule has 1 aliphatic rings.